The molecule has 0 heterocycles. The standard InChI is InChI=1S/C11H15NO3/c1-2-15-6-5-8-7-9(12)3-4-10(8)11(13)14/h3-4,7H,2,5-6,12H2,1H3,(H,13,14). The molecule has 0 saturated carbocycles. The summed E-state index contributed by atoms with van der Waals surface area (Å²) in [5.41, 5.74) is 7.19. The molecule has 0 aliphatic heterocycles. The maximum Gasteiger partial charge on any atom is 0.335 e. The van der Waals surface area contributed by atoms with Crippen molar-refractivity contribution in [2.24, 2.45) is 0 Å². The number of benzene rings is 1. The van der Waals surface area contributed by atoms with Gasteiger partial charge in [-0.3, -0.25) is 0 Å². The molecule has 4 nitrogen and oxygen atoms in total. The summed E-state index contributed by atoms with van der Waals surface area (Å²) in [6, 6.07) is 4.80. The largest absolute Gasteiger partial charge is 0.478 e. The van der Waals surface area contributed by atoms with Gasteiger partial charge in [-0.25, -0.2) is 4.79 Å². The van der Waals surface area contributed by atoms with Crippen molar-refractivity contribution in [1.29, 1.82) is 0 Å². The van der Waals surface area contributed by atoms with E-state index in [1.165, 1.54) is 6.07 Å². The number of anilines is 1. The normalized spacial score (nSPS) is 10.2. The Bertz CT molecular complexity index is 350. The summed E-state index contributed by atoms with van der Waals surface area (Å²) in [4.78, 5) is 10.9. The monoisotopic (exact) mass is 209 g/mol. The lowest BCUT2D eigenvalue weighted by Gasteiger charge is -2.07. The molecule has 0 fully saturated rings. The van der Waals surface area contributed by atoms with Crippen molar-refractivity contribution in [1.82, 2.24) is 0 Å². The van der Waals surface area contributed by atoms with Crippen molar-refractivity contribution in [3.05, 3.63) is 29.3 Å². The van der Waals surface area contributed by atoms with Crippen LogP contribution in [0.1, 0.15) is 22.8 Å². The number of nitrogen functional groups attached to an aromatic ring is 1. The second-order valence-electron chi connectivity index (χ2n) is 3.17. The van der Waals surface area contributed by atoms with Crippen molar-refractivity contribution in [2.75, 3.05) is 18.9 Å². The van der Waals surface area contributed by atoms with Gasteiger partial charge >= 0.3 is 5.97 Å². The van der Waals surface area contributed by atoms with E-state index in [1.54, 1.807) is 12.1 Å². The van der Waals surface area contributed by atoms with E-state index in [4.69, 9.17) is 15.6 Å². The molecular weight excluding hydrogens is 194 g/mol. The number of carboxylic acids is 1. The summed E-state index contributed by atoms with van der Waals surface area (Å²) in [5, 5.41) is 8.93. The topological polar surface area (TPSA) is 72.5 Å². The summed E-state index contributed by atoms with van der Waals surface area (Å²) in [7, 11) is 0. The van der Waals surface area contributed by atoms with Crippen LogP contribution >= 0.6 is 0 Å². The lowest BCUT2D eigenvalue weighted by Crippen LogP contribution is -2.06. The van der Waals surface area contributed by atoms with Gasteiger partial charge in [0.05, 0.1) is 12.2 Å². The molecule has 1 aromatic rings. The van der Waals surface area contributed by atoms with Crippen molar-refractivity contribution < 1.29 is 14.6 Å². The zero-order valence-corrected chi connectivity index (χ0v) is 8.69. The summed E-state index contributed by atoms with van der Waals surface area (Å²) < 4.78 is 5.18. The number of ether oxygens (including phenoxy) is 1. The van der Waals surface area contributed by atoms with Crippen LogP contribution in [-0.4, -0.2) is 24.3 Å². The highest BCUT2D eigenvalue weighted by Crippen LogP contribution is 2.14. The summed E-state index contributed by atoms with van der Waals surface area (Å²) >= 11 is 0. The van der Waals surface area contributed by atoms with Gasteiger partial charge in [0, 0.05) is 12.3 Å². The predicted octanol–water partition coefficient (Wildman–Crippen LogP) is 1.55. The van der Waals surface area contributed by atoms with Crippen molar-refractivity contribution in [2.45, 2.75) is 13.3 Å². The Morgan fingerprint density at radius 1 is 1.53 bits per heavy atom. The van der Waals surface area contributed by atoms with E-state index >= 15 is 0 Å². The van der Waals surface area contributed by atoms with Crippen LogP contribution in [0.2, 0.25) is 0 Å². The van der Waals surface area contributed by atoms with Crippen LogP contribution < -0.4 is 5.73 Å². The van der Waals surface area contributed by atoms with Crippen LogP contribution in [-0.2, 0) is 11.2 Å². The van der Waals surface area contributed by atoms with Crippen molar-refractivity contribution in [3.8, 4) is 0 Å². The maximum absolute atomic E-state index is 10.9. The van der Waals surface area contributed by atoms with Crippen LogP contribution in [0.4, 0.5) is 5.69 Å². The molecule has 1 rings (SSSR count). The Morgan fingerprint density at radius 3 is 2.87 bits per heavy atom. The second-order valence-corrected chi connectivity index (χ2v) is 3.17. The predicted molar refractivity (Wildman–Crippen MR) is 58.0 cm³/mol. The van der Waals surface area contributed by atoms with Gasteiger partial charge < -0.3 is 15.6 Å². The molecule has 0 aliphatic rings. The van der Waals surface area contributed by atoms with Crippen LogP contribution in [0.25, 0.3) is 0 Å². The first kappa shape index (κ1) is 11.5. The molecule has 0 amide bonds. The van der Waals surface area contributed by atoms with Gasteiger partial charge in [-0.15, -0.1) is 0 Å². The maximum atomic E-state index is 10.9. The second kappa shape index (κ2) is 5.36. The SMILES string of the molecule is CCOCCc1cc(N)ccc1C(=O)O. The summed E-state index contributed by atoms with van der Waals surface area (Å²) in [5.74, 6) is -0.929. The van der Waals surface area contributed by atoms with Gasteiger partial charge in [-0.1, -0.05) is 0 Å². The first-order valence-corrected chi connectivity index (χ1v) is 4.84. The molecule has 3 N–H and O–H groups in total. The average molecular weight is 209 g/mol. The number of hydrogen-bond donors (Lipinski definition) is 2. The minimum absolute atomic E-state index is 0.295. The quantitative estimate of drug-likeness (QED) is 0.570. The van der Waals surface area contributed by atoms with Gasteiger partial charge in [0.1, 0.15) is 0 Å². The van der Waals surface area contributed by atoms with Gasteiger partial charge in [0.25, 0.3) is 0 Å². The fraction of sp³-hybridized carbons (Fsp3) is 0.364. The first-order valence-electron chi connectivity index (χ1n) is 4.84. The zero-order valence-electron chi connectivity index (χ0n) is 8.69. The molecule has 0 bridgehead atoms. The molecule has 0 spiro atoms. The molecule has 82 valence electrons. The number of rotatable bonds is 5. The number of carboxylic acid groups (broad SMARTS) is 1. The number of hydrogen-bond acceptors (Lipinski definition) is 3. The van der Waals surface area contributed by atoms with E-state index in [1.807, 2.05) is 6.92 Å². The third-order valence-electron chi connectivity index (χ3n) is 2.08. The molecule has 4 heteroatoms. The van der Waals surface area contributed by atoms with Gasteiger partial charge in [0.2, 0.25) is 0 Å². The fourth-order valence-corrected chi connectivity index (χ4v) is 1.36. The fourth-order valence-electron chi connectivity index (χ4n) is 1.36. The molecule has 0 unspecified atom stereocenters. The van der Waals surface area contributed by atoms with E-state index in [0.717, 1.165) is 5.56 Å². The Balaban J connectivity index is 2.82. The molecule has 0 atom stereocenters. The number of carbonyl (C=O) groups is 1. The Labute approximate surface area is 88.7 Å². The number of aromatic carboxylic acids is 1. The summed E-state index contributed by atoms with van der Waals surface area (Å²) in [6.07, 6.45) is 0.570. The minimum atomic E-state index is -0.929. The Kier molecular flexibility index (Phi) is 4.12. The van der Waals surface area contributed by atoms with Gasteiger partial charge in [-0.05, 0) is 37.1 Å². The van der Waals surface area contributed by atoms with Crippen LogP contribution in [0, 0.1) is 0 Å². The molecule has 0 saturated heterocycles. The van der Waals surface area contributed by atoms with Gasteiger partial charge in [-0.2, -0.15) is 0 Å². The van der Waals surface area contributed by atoms with Gasteiger partial charge in [0.15, 0.2) is 0 Å². The third kappa shape index (κ3) is 3.25. The van der Waals surface area contributed by atoms with Crippen LogP contribution in [0.3, 0.4) is 0 Å². The molecule has 15 heavy (non-hydrogen) atoms. The first-order chi connectivity index (χ1) is 7.15. The number of nitrogens with two attached hydrogens (primary N) is 1. The highest BCUT2D eigenvalue weighted by atomic mass is 16.5. The molecule has 0 radical (unpaired) electrons. The zero-order chi connectivity index (χ0) is 11.3. The van der Waals surface area contributed by atoms with Crippen LogP contribution in [0.5, 0.6) is 0 Å². The summed E-state index contributed by atoms with van der Waals surface area (Å²) in [6.45, 7) is 3.04. The molecule has 1 aromatic carbocycles. The lowest BCUT2D eigenvalue weighted by atomic mass is 10.0. The van der Waals surface area contributed by atoms with E-state index in [0.29, 0.717) is 30.9 Å². The van der Waals surface area contributed by atoms with Crippen molar-refractivity contribution >= 4 is 11.7 Å². The van der Waals surface area contributed by atoms with Crippen LogP contribution in [0.15, 0.2) is 18.2 Å². The van der Waals surface area contributed by atoms with E-state index < -0.39 is 5.97 Å². The highest BCUT2D eigenvalue weighted by molar-refractivity contribution is 5.89. The average Bonchev–Trinajstić information content (AvgIpc) is 2.18. The smallest absolute Gasteiger partial charge is 0.335 e. The molecular formula is C11H15NO3. The van der Waals surface area contributed by atoms with E-state index in [-0.39, 0.29) is 0 Å². The lowest BCUT2D eigenvalue weighted by molar-refractivity contribution is 0.0695. The molecule has 0 aromatic heterocycles. The Morgan fingerprint density at radius 2 is 2.27 bits per heavy atom. The minimum Gasteiger partial charge on any atom is -0.478 e. The van der Waals surface area contributed by atoms with E-state index in [2.05, 4.69) is 0 Å². The highest BCUT2D eigenvalue weighted by Gasteiger charge is 2.09. The Hall–Kier alpha value is -1.55. The van der Waals surface area contributed by atoms with Crippen molar-refractivity contribution in [3.63, 3.8) is 0 Å². The van der Waals surface area contributed by atoms with E-state index in [9.17, 15) is 4.79 Å². The molecule has 0 aliphatic carbocycles. The third-order valence-corrected chi connectivity index (χ3v) is 2.08.